The van der Waals surface area contributed by atoms with Crippen LogP contribution >= 0.6 is 0 Å². The molecule has 1 amide bonds. The molecular weight excluding hydrogens is 372 g/mol. The van der Waals surface area contributed by atoms with Gasteiger partial charge in [-0.3, -0.25) is 14.6 Å². The molecule has 5 heteroatoms. The number of anilines is 2. The van der Waals surface area contributed by atoms with Gasteiger partial charge >= 0.3 is 0 Å². The lowest BCUT2D eigenvalue weighted by atomic mass is 10.2. The molecule has 0 bridgehead atoms. The number of benzene rings is 2. The van der Waals surface area contributed by atoms with Gasteiger partial charge in [0, 0.05) is 57.2 Å². The first kappa shape index (κ1) is 20.9. The summed E-state index contributed by atoms with van der Waals surface area (Å²) in [4.78, 5) is 19.7. The Morgan fingerprint density at radius 3 is 2.03 bits per heavy atom. The summed E-state index contributed by atoms with van der Waals surface area (Å²) in [6.45, 7) is 7.63. The van der Waals surface area contributed by atoms with E-state index in [2.05, 4.69) is 62.5 Å². The summed E-state index contributed by atoms with van der Waals surface area (Å²) in [6, 6.07) is 19.0. The summed E-state index contributed by atoms with van der Waals surface area (Å²) in [5.41, 5.74) is 3.51. The average Bonchev–Trinajstić information content (AvgIpc) is 3.06. The van der Waals surface area contributed by atoms with Gasteiger partial charge in [-0.25, -0.2) is 0 Å². The lowest BCUT2D eigenvalue weighted by Gasteiger charge is -2.34. The van der Waals surface area contributed by atoms with Crippen LogP contribution in [-0.4, -0.2) is 61.5 Å². The lowest BCUT2D eigenvalue weighted by molar-refractivity contribution is -0.117. The summed E-state index contributed by atoms with van der Waals surface area (Å²) in [7, 11) is 0. The molecule has 0 radical (unpaired) electrons. The second-order valence-corrected chi connectivity index (χ2v) is 8.53. The molecule has 2 aromatic rings. The van der Waals surface area contributed by atoms with Gasteiger partial charge in [0.1, 0.15) is 0 Å². The Morgan fingerprint density at radius 1 is 0.733 bits per heavy atom. The minimum Gasteiger partial charge on any atom is -0.372 e. The third-order valence-corrected chi connectivity index (χ3v) is 6.20. The number of nitrogens with one attached hydrogen (secondary N) is 1. The molecule has 4 rings (SSSR count). The first-order valence-electron chi connectivity index (χ1n) is 11.4. The van der Waals surface area contributed by atoms with E-state index in [0.717, 1.165) is 51.5 Å². The van der Waals surface area contributed by atoms with Crippen molar-refractivity contribution >= 4 is 17.3 Å². The van der Waals surface area contributed by atoms with Crippen LogP contribution in [0.15, 0.2) is 54.6 Å². The third kappa shape index (κ3) is 6.07. The van der Waals surface area contributed by atoms with Crippen molar-refractivity contribution in [2.45, 2.75) is 32.2 Å². The maximum Gasteiger partial charge on any atom is 0.238 e. The van der Waals surface area contributed by atoms with Crippen LogP contribution < -0.4 is 10.2 Å². The summed E-state index contributed by atoms with van der Waals surface area (Å²) >= 11 is 0. The lowest BCUT2D eigenvalue weighted by Crippen LogP contribution is -2.48. The van der Waals surface area contributed by atoms with Gasteiger partial charge in [0.25, 0.3) is 0 Å². The van der Waals surface area contributed by atoms with Gasteiger partial charge in [0.15, 0.2) is 0 Å². The zero-order chi connectivity index (χ0) is 20.6. The molecule has 160 valence electrons. The first-order valence-corrected chi connectivity index (χ1v) is 11.4. The van der Waals surface area contributed by atoms with Crippen molar-refractivity contribution in [2.24, 2.45) is 0 Å². The van der Waals surface area contributed by atoms with Crippen LogP contribution in [0.25, 0.3) is 0 Å². The molecule has 5 nitrogen and oxygen atoms in total. The van der Waals surface area contributed by atoms with Crippen LogP contribution in [0, 0.1) is 0 Å². The van der Waals surface area contributed by atoms with E-state index in [-0.39, 0.29) is 5.91 Å². The Bertz CT molecular complexity index is 777. The van der Waals surface area contributed by atoms with Crippen LogP contribution in [0.2, 0.25) is 0 Å². The number of hydrogen-bond acceptors (Lipinski definition) is 4. The molecule has 2 aliphatic heterocycles. The van der Waals surface area contributed by atoms with Crippen LogP contribution in [0.3, 0.4) is 0 Å². The van der Waals surface area contributed by atoms with Crippen molar-refractivity contribution in [1.29, 1.82) is 0 Å². The highest BCUT2D eigenvalue weighted by atomic mass is 16.2. The highest BCUT2D eigenvalue weighted by molar-refractivity contribution is 5.92. The van der Waals surface area contributed by atoms with E-state index in [1.54, 1.807) is 0 Å². The van der Waals surface area contributed by atoms with Crippen molar-refractivity contribution in [3.8, 4) is 0 Å². The molecule has 0 saturated carbocycles. The topological polar surface area (TPSA) is 38.8 Å². The molecule has 2 aliphatic rings. The largest absolute Gasteiger partial charge is 0.372 e. The minimum absolute atomic E-state index is 0.0778. The maximum absolute atomic E-state index is 12.5. The number of carbonyl (C=O) groups is 1. The molecular formula is C25H34N4O. The number of piperazine rings is 1. The van der Waals surface area contributed by atoms with Crippen molar-refractivity contribution < 1.29 is 4.79 Å². The molecule has 0 atom stereocenters. The predicted molar refractivity (Wildman–Crippen MR) is 124 cm³/mol. The van der Waals surface area contributed by atoms with Gasteiger partial charge < -0.3 is 10.2 Å². The molecule has 2 heterocycles. The van der Waals surface area contributed by atoms with Gasteiger partial charge in [0.05, 0.1) is 6.54 Å². The van der Waals surface area contributed by atoms with Gasteiger partial charge in [-0.05, 0) is 42.7 Å². The maximum atomic E-state index is 12.5. The number of rotatable bonds is 6. The van der Waals surface area contributed by atoms with E-state index in [0.29, 0.717) is 6.54 Å². The summed E-state index contributed by atoms with van der Waals surface area (Å²) in [5, 5.41) is 3.07. The number of amides is 1. The van der Waals surface area contributed by atoms with Gasteiger partial charge in [-0.2, -0.15) is 0 Å². The van der Waals surface area contributed by atoms with Crippen molar-refractivity contribution in [2.75, 3.05) is 56.0 Å². The highest BCUT2D eigenvalue weighted by Gasteiger charge is 2.19. The molecule has 1 N–H and O–H groups in total. The fourth-order valence-corrected chi connectivity index (χ4v) is 4.44. The fourth-order valence-electron chi connectivity index (χ4n) is 4.44. The molecule has 0 aromatic heterocycles. The molecule has 0 spiro atoms. The van der Waals surface area contributed by atoms with Crippen LogP contribution in [0.5, 0.6) is 0 Å². The quantitative estimate of drug-likeness (QED) is 0.792. The number of carbonyl (C=O) groups excluding carboxylic acids is 1. The van der Waals surface area contributed by atoms with Gasteiger partial charge in [-0.15, -0.1) is 0 Å². The first-order chi connectivity index (χ1) is 14.8. The standard InChI is InChI=1S/C25H34N4O/c30-25(21-28-18-16-27(17-19-28)20-22-8-4-3-5-9-22)26-23-10-12-24(13-11-23)29-14-6-1-2-7-15-29/h3-5,8-13H,1-2,6-7,14-21H2,(H,26,30). The Kier molecular flexibility index (Phi) is 7.38. The summed E-state index contributed by atoms with van der Waals surface area (Å²) < 4.78 is 0. The third-order valence-electron chi connectivity index (χ3n) is 6.20. The monoisotopic (exact) mass is 406 g/mol. The molecule has 0 unspecified atom stereocenters. The van der Waals surface area contributed by atoms with Crippen molar-refractivity contribution in [1.82, 2.24) is 9.80 Å². The smallest absolute Gasteiger partial charge is 0.238 e. The van der Waals surface area contributed by atoms with E-state index in [1.807, 2.05) is 12.1 Å². The van der Waals surface area contributed by atoms with Crippen LogP contribution in [0.4, 0.5) is 11.4 Å². The second kappa shape index (κ2) is 10.6. The number of hydrogen-bond donors (Lipinski definition) is 1. The van der Waals surface area contributed by atoms with Gasteiger partial charge in [0.2, 0.25) is 5.91 Å². The van der Waals surface area contributed by atoms with Crippen molar-refractivity contribution in [3.05, 3.63) is 60.2 Å². The fraction of sp³-hybridized carbons (Fsp3) is 0.480. The van der Waals surface area contributed by atoms with Crippen molar-refractivity contribution in [3.63, 3.8) is 0 Å². The molecule has 2 saturated heterocycles. The Hall–Kier alpha value is -2.37. The minimum atomic E-state index is 0.0778. The Morgan fingerprint density at radius 2 is 1.37 bits per heavy atom. The Balaban J connectivity index is 1.20. The normalized spacial score (nSPS) is 18.7. The van der Waals surface area contributed by atoms with E-state index in [9.17, 15) is 4.79 Å². The van der Waals surface area contributed by atoms with E-state index >= 15 is 0 Å². The number of nitrogens with zero attached hydrogens (tertiary/aromatic N) is 3. The second-order valence-electron chi connectivity index (χ2n) is 8.53. The molecule has 2 aromatic carbocycles. The van der Waals surface area contributed by atoms with E-state index in [1.165, 1.54) is 36.9 Å². The Labute approximate surface area is 180 Å². The summed E-state index contributed by atoms with van der Waals surface area (Å²) in [6.07, 6.45) is 5.23. The van der Waals surface area contributed by atoms with Crippen LogP contribution in [0.1, 0.15) is 31.2 Å². The molecule has 0 aliphatic carbocycles. The predicted octanol–water partition coefficient (Wildman–Crippen LogP) is 3.82. The molecule has 2 fully saturated rings. The summed E-state index contributed by atoms with van der Waals surface area (Å²) in [5.74, 6) is 0.0778. The molecule has 30 heavy (non-hydrogen) atoms. The van der Waals surface area contributed by atoms with Gasteiger partial charge in [-0.1, -0.05) is 43.2 Å². The zero-order valence-corrected chi connectivity index (χ0v) is 17.9. The van der Waals surface area contributed by atoms with Crippen LogP contribution in [-0.2, 0) is 11.3 Å². The SMILES string of the molecule is O=C(CN1CCN(Cc2ccccc2)CC1)Nc1ccc(N2CCCCCC2)cc1. The van der Waals surface area contributed by atoms with E-state index < -0.39 is 0 Å². The average molecular weight is 407 g/mol. The highest BCUT2D eigenvalue weighted by Crippen LogP contribution is 2.21. The zero-order valence-electron chi connectivity index (χ0n) is 17.9. The van der Waals surface area contributed by atoms with E-state index in [4.69, 9.17) is 0 Å².